The van der Waals surface area contributed by atoms with Crippen molar-refractivity contribution in [1.29, 1.82) is 0 Å². The number of ether oxygens (including phenoxy) is 1. The Balaban J connectivity index is 1.74. The fourth-order valence-electron chi connectivity index (χ4n) is 2.61. The molecule has 1 saturated heterocycles. The summed E-state index contributed by atoms with van der Waals surface area (Å²) in [5.74, 6) is 1.46. The van der Waals surface area contributed by atoms with Crippen molar-refractivity contribution in [2.75, 3.05) is 33.0 Å². The second-order valence-electron chi connectivity index (χ2n) is 5.59. The zero-order chi connectivity index (χ0) is 15.2. The molecule has 2 rings (SSSR count). The fraction of sp³-hybridized carbons (Fsp3) is 0.562. The number of likely N-dealkylation sites (tertiary alicyclic amines) is 1. The van der Waals surface area contributed by atoms with Crippen LogP contribution in [0.3, 0.4) is 0 Å². The third kappa shape index (κ3) is 4.73. The van der Waals surface area contributed by atoms with Gasteiger partial charge in [-0.15, -0.1) is 11.8 Å². The van der Waals surface area contributed by atoms with Crippen LogP contribution in [0, 0.1) is 6.92 Å². The van der Waals surface area contributed by atoms with E-state index in [1.54, 1.807) is 18.9 Å². The molecule has 1 aliphatic rings. The van der Waals surface area contributed by atoms with Crippen molar-refractivity contribution in [2.45, 2.75) is 24.8 Å². The molecule has 1 aliphatic heterocycles. The standard InChI is InChI=1S/C16H24N2O2S/c1-12-6-4-5-7-13(12)10-21-11-16(19)17-14-8-18(2)9-15(14)20-3/h4-7,14-15H,8-11H2,1-3H3,(H,17,19)/t14-,15-/m0/s1. The van der Waals surface area contributed by atoms with Crippen LogP contribution in [0.25, 0.3) is 0 Å². The van der Waals surface area contributed by atoms with Crippen LogP contribution in [0.5, 0.6) is 0 Å². The van der Waals surface area contributed by atoms with Gasteiger partial charge in [0.05, 0.1) is 17.9 Å². The molecule has 0 aromatic heterocycles. The van der Waals surface area contributed by atoms with E-state index >= 15 is 0 Å². The summed E-state index contributed by atoms with van der Waals surface area (Å²) in [7, 11) is 3.75. The Kier molecular flexibility index (Phi) is 6.08. The van der Waals surface area contributed by atoms with Gasteiger partial charge < -0.3 is 15.0 Å². The topological polar surface area (TPSA) is 41.6 Å². The number of hydrogen-bond acceptors (Lipinski definition) is 4. The Morgan fingerprint density at radius 2 is 2.19 bits per heavy atom. The summed E-state index contributed by atoms with van der Waals surface area (Å²) in [5, 5.41) is 3.08. The molecule has 1 aromatic carbocycles. The number of likely N-dealkylation sites (N-methyl/N-ethyl adjacent to an activating group) is 1. The van der Waals surface area contributed by atoms with Crippen molar-refractivity contribution < 1.29 is 9.53 Å². The maximum absolute atomic E-state index is 12.0. The van der Waals surface area contributed by atoms with Gasteiger partial charge in [0.1, 0.15) is 0 Å². The summed E-state index contributed by atoms with van der Waals surface area (Å²) in [6.45, 7) is 3.83. The highest BCUT2D eigenvalue weighted by atomic mass is 32.2. The van der Waals surface area contributed by atoms with E-state index in [1.165, 1.54) is 11.1 Å². The van der Waals surface area contributed by atoms with E-state index < -0.39 is 0 Å². The number of amides is 1. The molecule has 5 heteroatoms. The predicted octanol–water partition coefficient (Wildman–Crippen LogP) is 1.67. The van der Waals surface area contributed by atoms with Crippen molar-refractivity contribution >= 4 is 17.7 Å². The molecular weight excluding hydrogens is 284 g/mol. The summed E-state index contributed by atoms with van der Waals surface area (Å²) in [5.41, 5.74) is 2.58. The zero-order valence-electron chi connectivity index (χ0n) is 13.0. The van der Waals surface area contributed by atoms with Gasteiger partial charge >= 0.3 is 0 Å². The summed E-state index contributed by atoms with van der Waals surface area (Å²) < 4.78 is 5.42. The van der Waals surface area contributed by atoms with Crippen LogP contribution >= 0.6 is 11.8 Å². The van der Waals surface area contributed by atoms with E-state index in [4.69, 9.17) is 4.74 Å². The molecule has 1 aromatic rings. The number of aryl methyl sites for hydroxylation is 1. The van der Waals surface area contributed by atoms with Gasteiger partial charge in [-0.1, -0.05) is 24.3 Å². The molecule has 21 heavy (non-hydrogen) atoms. The summed E-state index contributed by atoms with van der Waals surface area (Å²) in [4.78, 5) is 14.2. The molecule has 1 N–H and O–H groups in total. The molecule has 0 saturated carbocycles. The highest BCUT2D eigenvalue weighted by molar-refractivity contribution is 7.99. The number of thioether (sulfide) groups is 1. The lowest BCUT2D eigenvalue weighted by Gasteiger charge is -2.18. The van der Waals surface area contributed by atoms with Crippen LogP contribution in [0.2, 0.25) is 0 Å². The molecular formula is C16H24N2O2S. The number of methoxy groups -OCH3 is 1. The lowest BCUT2D eigenvalue weighted by molar-refractivity contribution is -0.119. The maximum Gasteiger partial charge on any atom is 0.230 e. The predicted molar refractivity (Wildman–Crippen MR) is 87.6 cm³/mol. The number of rotatable bonds is 6. The van der Waals surface area contributed by atoms with Crippen LogP contribution < -0.4 is 5.32 Å². The van der Waals surface area contributed by atoms with Gasteiger partial charge in [0, 0.05) is 26.0 Å². The largest absolute Gasteiger partial charge is 0.378 e. The molecule has 0 bridgehead atoms. The van der Waals surface area contributed by atoms with Gasteiger partial charge in [0.2, 0.25) is 5.91 Å². The van der Waals surface area contributed by atoms with E-state index in [-0.39, 0.29) is 18.1 Å². The van der Waals surface area contributed by atoms with Gasteiger partial charge in [0.25, 0.3) is 0 Å². The quantitative estimate of drug-likeness (QED) is 0.868. The van der Waals surface area contributed by atoms with Gasteiger partial charge in [-0.05, 0) is 25.1 Å². The first-order valence-corrected chi connectivity index (χ1v) is 8.38. The highest BCUT2D eigenvalue weighted by Gasteiger charge is 2.31. The molecule has 0 spiro atoms. The lowest BCUT2D eigenvalue weighted by Crippen LogP contribution is -2.44. The summed E-state index contributed by atoms with van der Waals surface area (Å²) in [6, 6.07) is 8.41. The molecule has 1 heterocycles. The molecule has 0 unspecified atom stereocenters. The molecule has 1 fully saturated rings. The van der Waals surface area contributed by atoms with Gasteiger partial charge in [-0.2, -0.15) is 0 Å². The zero-order valence-corrected chi connectivity index (χ0v) is 13.8. The average Bonchev–Trinajstić information content (AvgIpc) is 2.81. The van der Waals surface area contributed by atoms with Crippen molar-refractivity contribution in [1.82, 2.24) is 10.2 Å². The van der Waals surface area contributed by atoms with Crippen molar-refractivity contribution in [3.63, 3.8) is 0 Å². The first kappa shape index (κ1) is 16.3. The third-order valence-electron chi connectivity index (χ3n) is 3.85. The van der Waals surface area contributed by atoms with Gasteiger partial charge in [0.15, 0.2) is 0 Å². The summed E-state index contributed by atoms with van der Waals surface area (Å²) >= 11 is 1.66. The molecule has 0 aliphatic carbocycles. The van der Waals surface area contributed by atoms with Gasteiger partial charge in [-0.3, -0.25) is 4.79 Å². The molecule has 4 nitrogen and oxygen atoms in total. The third-order valence-corrected chi connectivity index (χ3v) is 4.83. The van der Waals surface area contributed by atoms with Crippen LogP contribution in [0.4, 0.5) is 0 Å². The fourth-order valence-corrected chi connectivity index (χ4v) is 3.53. The molecule has 2 atom stereocenters. The van der Waals surface area contributed by atoms with Crippen LogP contribution in [0.15, 0.2) is 24.3 Å². The normalized spacial score (nSPS) is 22.4. The minimum absolute atomic E-state index is 0.0935. The van der Waals surface area contributed by atoms with E-state index in [1.807, 2.05) is 19.2 Å². The first-order chi connectivity index (χ1) is 10.1. The van der Waals surface area contributed by atoms with E-state index in [0.29, 0.717) is 5.75 Å². The highest BCUT2D eigenvalue weighted by Crippen LogP contribution is 2.16. The van der Waals surface area contributed by atoms with Crippen LogP contribution in [0.1, 0.15) is 11.1 Å². The second kappa shape index (κ2) is 7.82. The average molecular weight is 308 g/mol. The lowest BCUT2D eigenvalue weighted by atomic mass is 10.1. The number of nitrogens with one attached hydrogen (secondary N) is 1. The number of benzene rings is 1. The Bertz CT molecular complexity index is 481. The van der Waals surface area contributed by atoms with E-state index in [9.17, 15) is 4.79 Å². The SMILES string of the molecule is CO[C@H]1CN(C)C[C@@H]1NC(=O)CSCc1ccccc1C. The van der Waals surface area contributed by atoms with Gasteiger partial charge in [-0.25, -0.2) is 0 Å². The van der Waals surface area contributed by atoms with E-state index in [2.05, 4.69) is 29.3 Å². The monoisotopic (exact) mass is 308 g/mol. The Morgan fingerprint density at radius 1 is 1.43 bits per heavy atom. The minimum Gasteiger partial charge on any atom is -0.378 e. The number of nitrogens with zero attached hydrogens (tertiary/aromatic N) is 1. The van der Waals surface area contributed by atoms with Crippen molar-refractivity contribution in [3.05, 3.63) is 35.4 Å². The Labute approximate surface area is 131 Å². The molecule has 0 radical (unpaired) electrons. The number of carbonyl (C=O) groups is 1. The maximum atomic E-state index is 12.0. The smallest absolute Gasteiger partial charge is 0.230 e. The van der Waals surface area contributed by atoms with Crippen molar-refractivity contribution in [2.24, 2.45) is 0 Å². The Morgan fingerprint density at radius 3 is 2.90 bits per heavy atom. The summed E-state index contributed by atoms with van der Waals surface area (Å²) in [6.07, 6.45) is 0.0975. The number of hydrogen-bond donors (Lipinski definition) is 1. The van der Waals surface area contributed by atoms with Crippen molar-refractivity contribution in [3.8, 4) is 0 Å². The van der Waals surface area contributed by atoms with E-state index in [0.717, 1.165) is 18.8 Å². The number of carbonyl (C=O) groups excluding carboxylic acids is 1. The Hall–Kier alpha value is -1.04. The van der Waals surface area contributed by atoms with Crippen LogP contribution in [-0.4, -0.2) is 56.0 Å². The molecule has 116 valence electrons. The molecule has 1 amide bonds. The first-order valence-electron chi connectivity index (χ1n) is 7.23. The van der Waals surface area contributed by atoms with Crippen LogP contribution in [-0.2, 0) is 15.3 Å². The second-order valence-corrected chi connectivity index (χ2v) is 6.57. The minimum atomic E-state index is 0.0935.